The number of nitrogens with zero attached hydrogens (tertiary/aromatic N) is 2. The van der Waals surface area contributed by atoms with Crippen LogP contribution in [0.4, 0.5) is 5.13 Å². The average Bonchev–Trinajstić information content (AvgIpc) is 3.04. The zero-order chi connectivity index (χ0) is 18.1. The minimum absolute atomic E-state index is 0.0866. The van der Waals surface area contributed by atoms with E-state index in [0.717, 1.165) is 29.8 Å². The number of Topliss-reactive ketones (excluding diaryl/α,β-unsaturated/α-hetero) is 1. The Hall–Kier alpha value is -2.28. The van der Waals surface area contributed by atoms with Crippen molar-refractivity contribution >= 4 is 28.2 Å². The number of hydrogen-bond acceptors (Lipinski definition) is 6. The number of aryl methyl sites for hydroxylation is 2. The summed E-state index contributed by atoms with van der Waals surface area (Å²) in [6.07, 6.45) is 4.30. The maximum Gasteiger partial charge on any atom is 0.264 e. The molecule has 2 aromatic rings. The van der Waals surface area contributed by atoms with E-state index in [0.29, 0.717) is 23.7 Å². The minimum Gasteiger partial charge on any atom is -0.484 e. The van der Waals surface area contributed by atoms with Crippen molar-refractivity contribution in [3.8, 4) is 5.75 Å². The third-order valence-corrected chi connectivity index (χ3v) is 4.41. The number of aromatic nitrogens is 2. The second-order valence-electron chi connectivity index (χ2n) is 5.79. The Kier molecular flexibility index (Phi) is 7.53. The summed E-state index contributed by atoms with van der Waals surface area (Å²) in [4.78, 5) is 22.9. The van der Waals surface area contributed by atoms with Crippen molar-refractivity contribution in [1.82, 2.24) is 10.2 Å². The number of unbranched alkanes of at least 4 members (excludes halogenated alkanes) is 1. The van der Waals surface area contributed by atoms with Gasteiger partial charge in [-0.25, -0.2) is 0 Å². The number of nitrogens with one attached hydrogen (secondary N) is 1. The monoisotopic (exact) mass is 361 g/mol. The van der Waals surface area contributed by atoms with Crippen molar-refractivity contribution in [2.45, 2.75) is 46.0 Å². The molecule has 1 heterocycles. The van der Waals surface area contributed by atoms with E-state index in [4.69, 9.17) is 4.74 Å². The van der Waals surface area contributed by atoms with Crippen LogP contribution < -0.4 is 10.1 Å². The summed E-state index contributed by atoms with van der Waals surface area (Å²) in [5.41, 5.74) is 1.07. The Morgan fingerprint density at radius 1 is 1.16 bits per heavy atom. The molecule has 1 aromatic carbocycles. The molecule has 0 fully saturated rings. The number of hydrogen-bond donors (Lipinski definition) is 1. The van der Waals surface area contributed by atoms with Crippen LogP contribution in [-0.2, 0) is 22.4 Å². The number of benzene rings is 1. The summed E-state index contributed by atoms with van der Waals surface area (Å²) in [5.74, 6) is 0.521. The predicted octanol–water partition coefficient (Wildman–Crippen LogP) is 3.42. The Balaban J connectivity index is 1.75. The number of carbonyl (C=O) groups is 2. The molecule has 0 bridgehead atoms. The summed E-state index contributed by atoms with van der Waals surface area (Å²) >= 11 is 1.40. The first-order valence-electron chi connectivity index (χ1n) is 8.40. The lowest BCUT2D eigenvalue weighted by Crippen LogP contribution is -2.20. The van der Waals surface area contributed by atoms with Gasteiger partial charge in [0.05, 0.1) is 0 Å². The molecule has 134 valence electrons. The van der Waals surface area contributed by atoms with Crippen LogP contribution in [0.5, 0.6) is 5.75 Å². The summed E-state index contributed by atoms with van der Waals surface area (Å²) in [6.45, 7) is 3.62. The van der Waals surface area contributed by atoms with Crippen molar-refractivity contribution in [2.24, 2.45) is 0 Å². The van der Waals surface area contributed by atoms with Crippen molar-refractivity contribution in [2.75, 3.05) is 11.9 Å². The van der Waals surface area contributed by atoms with Crippen LogP contribution in [0.1, 0.15) is 43.7 Å². The number of ether oxygens (including phenoxy) is 1. The topological polar surface area (TPSA) is 81.2 Å². The van der Waals surface area contributed by atoms with Gasteiger partial charge >= 0.3 is 0 Å². The molecule has 0 unspecified atom stereocenters. The van der Waals surface area contributed by atoms with Gasteiger partial charge in [-0.3, -0.25) is 10.1 Å². The molecule has 25 heavy (non-hydrogen) atoms. The van der Waals surface area contributed by atoms with Crippen LogP contribution in [0.2, 0.25) is 0 Å². The van der Waals surface area contributed by atoms with Crippen molar-refractivity contribution in [3.63, 3.8) is 0 Å². The molecule has 0 aliphatic heterocycles. The molecule has 1 N–H and O–H groups in total. The molecule has 0 saturated heterocycles. The summed E-state index contributed by atoms with van der Waals surface area (Å²) in [6, 6.07) is 7.41. The van der Waals surface area contributed by atoms with Gasteiger partial charge in [0.25, 0.3) is 5.91 Å². The van der Waals surface area contributed by atoms with Crippen molar-refractivity contribution in [1.29, 1.82) is 0 Å². The van der Waals surface area contributed by atoms with Crippen LogP contribution in [0.15, 0.2) is 24.3 Å². The van der Waals surface area contributed by atoms with E-state index in [1.807, 2.05) is 12.1 Å². The van der Waals surface area contributed by atoms with Gasteiger partial charge in [0.1, 0.15) is 16.5 Å². The van der Waals surface area contributed by atoms with Crippen LogP contribution in [-0.4, -0.2) is 28.5 Å². The van der Waals surface area contributed by atoms with Crippen LogP contribution in [0.25, 0.3) is 0 Å². The minimum atomic E-state index is -0.265. The molecular weight excluding hydrogens is 338 g/mol. The van der Waals surface area contributed by atoms with Gasteiger partial charge in [-0.1, -0.05) is 36.8 Å². The zero-order valence-corrected chi connectivity index (χ0v) is 15.4. The standard InChI is InChI=1S/C18H23N3O3S/c1-3-4-5-17-20-21-18(25-17)19-16(23)12-24-15-10-8-14(9-11-15)7-6-13(2)22/h8-11H,3-7,12H2,1-2H3,(H,19,21,23). The normalized spacial score (nSPS) is 10.5. The van der Waals surface area contributed by atoms with E-state index >= 15 is 0 Å². The third kappa shape index (κ3) is 7.01. The Morgan fingerprint density at radius 2 is 1.92 bits per heavy atom. The predicted molar refractivity (Wildman–Crippen MR) is 98.1 cm³/mol. The van der Waals surface area contributed by atoms with Gasteiger partial charge in [0.15, 0.2) is 6.61 Å². The number of ketones is 1. The van der Waals surface area contributed by atoms with E-state index < -0.39 is 0 Å². The Bertz CT molecular complexity index is 698. The largest absolute Gasteiger partial charge is 0.484 e. The van der Waals surface area contributed by atoms with Crippen LogP contribution >= 0.6 is 11.3 Å². The molecule has 0 aliphatic carbocycles. The fraction of sp³-hybridized carbons (Fsp3) is 0.444. The fourth-order valence-corrected chi connectivity index (χ4v) is 2.91. The number of carbonyl (C=O) groups excluding carboxylic acids is 2. The molecule has 0 spiro atoms. The summed E-state index contributed by atoms with van der Waals surface area (Å²) in [7, 11) is 0. The van der Waals surface area contributed by atoms with Crippen LogP contribution in [0, 0.1) is 0 Å². The molecule has 2 rings (SSSR count). The maximum absolute atomic E-state index is 11.9. The highest BCUT2D eigenvalue weighted by Crippen LogP contribution is 2.17. The molecule has 0 saturated carbocycles. The van der Waals surface area contributed by atoms with E-state index in [2.05, 4.69) is 22.4 Å². The Morgan fingerprint density at radius 3 is 2.60 bits per heavy atom. The highest BCUT2D eigenvalue weighted by atomic mass is 32.1. The van der Waals surface area contributed by atoms with E-state index in [1.165, 1.54) is 11.3 Å². The quantitative estimate of drug-likeness (QED) is 0.701. The van der Waals surface area contributed by atoms with E-state index in [-0.39, 0.29) is 18.3 Å². The van der Waals surface area contributed by atoms with Gasteiger partial charge in [-0.2, -0.15) is 0 Å². The van der Waals surface area contributed by atoms with Crippen molar-refractivity contribution in [3.05, 3.63) is 34.8 Å². The smallest absolute Gasteiger partial charge is 0.264 e. The zero-order valence-electron chi connectivity index (χ0n) is 14.6. The van der Waals surface area contributed by atoms with Gasteiger partial charge in [0, 0.05) is 12.8 Å². The Labute approximate surface area is 151 Å². The molecule has 1 amide bonds. The van der Waals surface area contributed by atoms with Gasteiger partial charge < -0.3 is 9.53 Å². The first-order chi connectivity index (χ1) is 12.1. The first kappa shape index (κ1) is 19.1. The summed E-state index contributed by atoms with van der Waals surface area (Å²) < 4.78 is 5.47. The number of anilines is 1. The maximum atomic E-state index is 11.9. The first-order valence-corrected chi connectivity index (χ1v) is 9.22. The van der Waals surface area contributed by atoms with Gasteiger partial charge in [-0.05, 0) is 37.5 Å². The SMILES string of the molecule is CCCCc1nnc(NC(=O)COc2ccc(CCC(C)=O)cc2)s1. The molecule has 6 nitrogen and oxygen atoms in total. The molecule has 0 atom stereocenters. The second kappa shape index (κ2) is 9.88. The molecule has 1 aromatic heterocycles. The number of rotatable bonds is 10. The lowest BCUT2D eigenvalue weighted by molar-refractivity contribution is -0.118. The second-order valence-corrected chi connectivity index (χ2v) is 6.85. The molecule has 0 radical (unpaired) electrons. The average molecular weight is 361 g/mol. The molecule has 7 heteroatoms. The van der Waals surface area contributed by atoms with Gasteiger partial charge in [0.2, 0.25) is 5.13 Å². The highest BCUT2D eigenvalue weighted by molar-refractivity contribution is 7.15. The van der Waals surface area contributed by atoms with Gasteiger partial charge in [-0.15, -0.1) is 10.2 Å². The van der Waals surface area contributed by atoms with E-state index in [9.17, 15) is 9.59 Å². The lowest BCUT2D eigenvalue weighted by atomic mass is 10.1. The summed E-state index contributed by atoms with van der Waals surface area (Å²) in [5, 5.41) is 12.1. The molecular formula is C18H23N3O3S. The number of amides is 1. The highest BCUT2D eigenvalue weighted by Gasteiger charge is 2.09. The lowest BCUT2D eigenvalue weighted by Gasteiger charge is -2.06. The molecule has 0 aliphatic rings. The van der Waals surface area contributed by atoms with Crippen LogP contribution in [0.3, 0.4) is 0 Å². The van der Waals surface area contributed by atoms with E-state index in [1.54, 1.807) is 19.1 Å². The van der Waals surface area contributed by atoms with Crippen molar-refractivity contribution < 1.29 is 14.3 Å². The third-order valence-electron chi connectivity index (χ3n) is 3.52. The fourth-order valence-electron chi connectivity index (χ4n) is 2.11.